The van der Waals surface area contributed by atoms with Crippen LogP contribution in [0.3, 0.4) is 0 Å². The number of carbonyl (C=O) groups excluding carboxylic acids is 2. The summed E-state index contributed by atoms with van der Waals surface area (Å²) in [7, 11) is 0. The first-order valence-electron chi connectivity index (χ1n) is 13.4. The van der Waals surface area contributed by atoms with Crippen LogP contribution in [-0.2, 0) is 16.0 Å². The Morgan fingerprint density at radius 1 is 1.10 bits per heavy atom. The maximum atomic E-state index is 14.8. The summed E-state index contributed by atoms with van der Waals surface area (Å²) in [6.07, 6.45) is -2.09. The van der Waals surface area contributed by atoms with Gasteiger partial charge in [0.2, 0.25) is 0 Å². The predicted molar refractivity (Wildman–Crippen MR) is 140 cm³/mol. The molecule has 1 heterocycles. The van der Waals surface area contributed by atoms with E-state index in [2.05, 4.69) is 10.2 Å². The van der Waals surface area contributed by atoms with E-state index in [9.17, 15) is 31.6 Å². The van der Waals surface area contributed by atoms with E-state index >= 15 is 0 Å². The molecule has 1 aliphatic carbocycles. The average Bonchev–Trinajstić information content (AvgIpc) is 3.41. The van der Waals surface area contributed by atoms with E-state index < -0.39 is 47.2 Å². The second-order valence-corrected chi connectivity index (χ2v) is 11.4. The van der Waals surface area contributed by atoms with Gasteiger partial charge in [0, 0.05) is 24.7 Å². The molecule has 1 saturated heterocycles. The number of halogens is 5. The van der Waals surface area contributed by atoms with Crippen LogP contribution in [0.15, 0.2) is 36.4 Å². The smallest absolute Gasteiger partial charge is 0.408 e. The minimum Gasteiger partial charge on any atom is -0.444 e. The van der Waals surface area contributed by atoms with Crippen molar-refractivity contribution in [3.8, 4) is 11.1 Å². The molecule has 0 saturated carbocycles. The SMILES string of the molecule is CC(C)(C)OC(=O)NC1CCN(CCCCc2ccc3c(c2)-c2c(F)cccc2C3C(=O)N(F)CC(F)(F)F)C1. The number of carbonyl (C=O) groups is 2. The van der Waals surface area contributed by atoms with Crippen molar-refractivity contribution in [2.24, 2.45) is 0 Å². The van der Waals surface area contributed by atoms with Crippen molar-refractivity contribution in [3.63, 3.8) is 0 Å². The van der Waals surface area contributed by atoms with Crippen molar-refractivity contribution in [1.29, 1.82) is 0 Å². The Kier molecular flexibility index (Phi) is 8.72. The van der Waals surface area contributed by atoms with Crippen LogP contribution in [0, 0.1) is 5.82 Å². The summed E-state index contributed by atoms with van der Waals surface area (Å²) in [5, 5.41) is 2.07. The molecular weight excluding hydrogens is 533 g/mol. The van der Waals surface area contributed by atoms with E-state index in [0.717, 1.165) is 44.5 Å². The summed E-state index contributed by atoms with van der Waals surface area (Å²) >= 11 is 0. The standard InChI is InChI=1S/C29H34F5N3O3/c1-28(2,3)40-27(39)35-19-12-14-36(16-19)13-5-4-7-18-10-11-20-22(15-18)24-21(8-6-9-23(24)30)25(20)26(38)37(34)17-29(31,32)33/h6,8-11,15,19,25H,4-5,7,12-14,16-17H2,1-3H3,(H,35,39). The zero-order chi connectivity index (χ0) is 29.2. The summed E-state index contributed by atoms with van der Waals surface area (Å²) < 4.78 is 72.5. The third-order valence-electron chi connectivity index (χ3n) is 7.04. The first kappa shape index (κ1) is 29.8. The van der Waals surface area contributed by atoms with Crippen molar-refractivity contribution in [3.05, 3.63) is 58.9 Å². The van der Waals surface area contributed by atoms with E-state index in [1.54, 1.807) is 18.2 Å². The Balaban J connectivity index is 1.35. The number of nitrogens with zero attached hydrogens (tertiary/aromatic N) is 2. The number of nitrogens with one attached hydrogen (secondary N) is 1. The lowest BCUT2D eigenvalue weighted by molar-refractivity contribution is -0.188. The number of fused-ring (bicyclic) bond motifs is 3. The number of ether oxygens (including phenoxy) is 1. The lowest BCUT2D eigenvalue weighted by Crippen LogP contribution is -2.40. The molecule has 2 aromatic rings. The van der Waals surface area contributed by atoms with Crippen molar-refractivity contribution >= 4 is 12.0 Å². The Morgan fingerprint density at radius 3 is 2.55 bits per heavy atom. The lowest BCUT2D eigenvalue weighted by atomic mass is 9.94. The number of hydrogen-bond donors (Lipinski definition) is 1. The number of aryl methyl sites for hydroxylation is 1. The molecule has 2 atom stereocenters. The second-order valence-electron chi connectivity index (χ2n) is 11.4. The van der Waals surface area contributed by atoms with E-state index in [-0.39, 0.29) is 17.2 Å². The van der Waals surface area contributed by atoms with Crippen LogP contribution < -0.4 is 5.32 Å². The normalized spacial score (nSPS) is 18.8. The minimum absolute atomic E-state index is 0.0357. The molecule has 4 rings (SSSR count). The van der Waals surface area contributed by atoms with Gasteiger partial charge in [-0.2, -0.15) is 18.3 Å². The Morgan fingerprint density at radius 2 is 1.85 bits per heavy atom. The van der Waals surface area contributed by atoms with Gasteiger partial charge in [-0.1, -0.05) is 34.8 Å². The van der Waals surface area contributed by atoms with E-state index in [1.165, 1.54) is 18.2 Å². The maximum Gasteiger partial charge on any atom is 0.408 e. The zero-order valence-corrected chi connectivity index (χ0v) is 22.8. The molecule has 1 aliphatic heterocycles. The molecule has 0 spiro atoms. The number of likely N-dealkylation sites (tertiary alicyclic amines) is 1. The number of rotatable bonds is 8. The number of unbranched alkanes of at least 4 members (excludes halogenated alkanes) is 1. The summed E-state index contributed by atoms with van der Waals surface area (Å²) in [6.45, 7) is 5.87. The van der Waals surface area contributed by atoms with Gasteiger partial charge in [0.15, 0.2) is 0 Å². The number of amides is 2. The summed E-state index contributed by atoms with van der Waals surface area (Å²) in [4.78, 5) is 27.0. The van der Waals surface area contributed by atoms with Gasteiger partial charge in [-0.15, -0.1) is 0 Å². The largest absolute Gasteiger partial charge is 0.444 e. The summed E-state index contributed by atoms with van der Waals surface area (Å²) in [6, 6.07) is 9.14. The van der Waals surface area contributed by atoms with Crippen molar-refractivity contribution < 1.29 is 36.4 Å². The molecule has 0 aromatic heterocycles. The van der Waals surface area contributed by atoms with E-state index in [1.807, 2.05) is 20.8 Å². The fourth-order valence-corrected chi connectivity index (χ4v) is 5.39. The zero-order valence-electron chi connectivity index (χ0n) is 22.8. The third-order valence-corrected chi connectivity index (χ3v) is 7.04. The highest BCUT2D eigenvalue weighted by Crippen LogP contribution is 2.47. The second kappa shape index (κ2) is 11.7. The van der Waals surface area contributed by atoms with Crippen molar-refractivity contribution in [2.45, 2.75) is 70.2 Å². The molecule has 2 aromatic carbocycles. The molecule has 40 heavy (non-hydrogen) atoms. The van der Waals surface area contributed by atoms with E-state index in [0.29, 0.717) is 17.5 Å². The highest BCUT2D eigenvalue weighted by atomic mass is 19.4. The highest BCUT2D eigenvalue weighted by Gasteiger charge is 2.41. The fourth-order valence-electron chi connectivity index (χ4n) is 5.39. The molecule has 1 fully saturated rings. The van der Waals surface area contributed by atoms with Gasteiger partial charge < -0.3 is 15.0 Å². The molecule has 2 aliphatic rings. The molecule has 218 valence electrons. The summed E-state index contributed by atoms with van der Waals surface area (Å²) in [5.74, 6) is -3.34. The molecule has 1 N–H and O–H groups in total. The molecule has 0 bridgehead atoms. The van der Waals surface area contributed by atoms with Gasteiger partial charge in [0.1, 0.15) is 18.0 Å². The van der Waals surface area contributed by atoms with Gasteiger partial charge in [0.05, 0.1) is 5.92 Å². The van der Waals surface area contributed by atoms with Gasteiger partial charge in [0.25, 0.3) is 5.91 Å². The number of alkyl carbamates (subject to hydrolysis) is 1. The van der Waals surface area contributed by atoms with Crippen LogP contribution >= 0.6 is 0 Å². The Labute approximate surface area is 230 Å². The topological polar surface area (TPSA) is 61.9 Å². The van der Waals surface area contributed by atoms with Crippen LogP contribution in [0.25, 0.3) is 11.1 Å². The average molecular weight is 568 g/mol. The number of hydrogen-bond acceptors (Lipinski definition) is 4. The van der Waals surface area contributed by atoms with Crippen LogP contribution in [0.1, 0.15) is 62.6 Å². The quantitative estimate of drug-likeness (QED) is 0.237. The van der Waals surface area contributed by atoms with Crippen LogP contribution in [-0.4, -0.2) is 66.0 Å². The van der Waals surface area contributed by atoms with Gasteiger partial charge in [-0.05, 0) is 81.3 Å². The molecule has 11 heteroatoms. The van der Waals surface area contributed by atoms with Crippen LogP contribution in [0.4, 0.5) is 26.8 Å². The first-order valence-corrected chi connectivity index (χ1v) is 13.4. The highest BCUT2D eigenvalue weighted by molar-refractivity contribution is 5.96. The van der Waals surface area contributed by atoms with Gasteiger partial charge >= 0.3 is 12.3 Å². The first-order chi connectivity index (χ1) is 18.7. The molecule has 2 unspecified atom stereocenters. The molecule has 0 radical (unpaired) electrons. The Bertz CT molecular complexity index is 1240. The summed E-state index contributed by atoms with van der Waals surface area (Å²) in [5.41, 5.74) is 1.31. The predicted octanol–water partition coefficient (Wildman–Crippen LogP) is 6.14. The number of alkyl halides is 3. The monoisotopic (exact) mass is 567 g/mol. The number of benzene rings is 2. The fraction of sp³-hybridized carbons (Fsp3) is 0.517. The minimum atomic E-state index is -4.90. The third kappa shape index (κ3) is 7.30. The van der Waals surface area contributed by atoms with Gasteiger partial charge in [-0.25, -0.2) is 9.18 Å². The van der Waals surface area contributed by atoms with Crippen molar-refractivity contribution in [2.75, 3.05) is 26.2 Å². The van der Waals surface area contributed by atoms with Crippen molar-refractivity contribution in [1.82, 2.24) is 15.3 Å². The Hall–Kier alpha value is -3.21. The van der Waals surface area contributed by atoms with Crippen LogP contribution in [0.2, 0.25) is 0 Å². The van der Waals surface area contributed by atoms with Crippen LogP contribution in [0.5, 0.6) is 0 Å². The molecule has 2 amide bonds. The lowest BCUT2D eigenvalue weighted by Gasteiger charge is -2.22. The maximum absolute atomic E-state index is 14.8. The van der Waals surface area contributed by atoms with E-state index in [4.69, 9.17) is 4.74 Å². The molecular formula is C29H34F5N3O3. The van der Waals surface area contributed by atoms with Gasteiger partial charge in [-0.3, -0.25) is 4.79 Å². The molecule has 6 nitrogen and oxygen atoms in total.